The lowest BCUT2D eigenvalue weighted by Crippen LogP contribution is -2.30. The zero-order chi connectivity index (χ0) is 17.5. The lowest BCUT2D eigenvalue weighted by atomic mass is 10.1. The molecule has 0 bridgehead atoms. The van der Waals surface area contributed by atoms with Gasteiger partial charge in [0.1, 0.15) is 23.7 Å². The van der Waals surface area contributed by atoms with Crippen LogP contribution in [0, 0.1) is 24.6 Å². The van der Waals surface area contributed by atoms with Crippen LogP contribution in [0.4, 0.5) is 10.1 Å². The molecular formula is C14H10FN3O4S2. The number of aromatic hydroxyl groups is 1. The van der Waals surface area contributed by atoms with E-state index >= 15 is 0 Å². The second-order valence-electron chi connectivity index (χ2n) is 4.83. The Kier molecular flexibility index (Phi) is 3.90. The molecule has 24 heavy (non-hydrogen) atoms. The van der Waals surface area contributed by atoms with Gasteiger partial charge in [-0.1, -0.05) is 5.92 Å². The summed E-state index contributed by atoms with van der Waals surface area (Å²) in [5.74, 6) is 2.76. The quantitative estimate of drug-likeness (QED) is 0.729. The summed E-state index contributed by atoms with van der Waals surface area (Å²) >= 11 is 1.39. The van der Waals surface area contributed by atoms with E-state index < -0.39 is 39.9 Å². The molecule has 1 aromatic heterocycles. The van der Waals surface area contributed by atoms with Crippen molar-refractivity contribution in [3.05, 3.63) is 39.6 Å². The predicted octanol–water partition coefficient (Wildman–Crippen LogP) is 0.877. The van der Waals surface area contributed by atoms with Crippen LogP contribution in [0.2, 0.25) is 0 Å². The second kappa shape index (κ2) is 5.77. The number of nitrogens with zero attached hydrogens (tertiary/aromatic N) is 2. The number of nitrogens with one attached hydrogen (secondary N) is 1. The van der Waals surface area contributed by atoms with Crippen LogP contribution in [0.25, 0.3) is 0 Å². The summed E-state index contributed by atoms with van der Waals surface area (Å²) in [6.07, 6.45) is 0. The number of carbonyl (C=O) groups excluding carboxylic acids is 1. The Bertz CT molecular complexity index is 1000. The number of anilines is 1. The van der Waals surface area contributed by atoms with Gasteiger partial charge in [0.25, 0.3) is 5.91 Å². The number of aryl methyl sites for hydroxylation is 1. The van der Waals surface area contributed by atoms with Crippen LogP contribution < -0.4 is 9.03 Å². The second-order valence-corrected chi connectivity index (χ2v) is 7.49. The van der Waals surface area contributed by atoms with Gasteiger partial charge in [0, 0.05) is 5.38 Å². The summed E-state index contributed by atoms with van der Waals surface area (Å²) in [6.45, 7) is 1.19. The van der Waals surface area contributed by atoms with E-state index in [1.165, 1.54) is 17.4 Å². The fourth-order valence-electron chi connectivity index (χ4n) is 2.09. The smallest absolute Gasteiger partial charge is 0.326 e. The minimum absolute atomic E-state index is 0.122. The maximum atomic E-state index is 14.6. The van der Waals surface area contributed by atoms with Crippen molar-refractivity contribution < 1.29 is 22.7 Å². The number of hydrogen-bond donors (Lipinski definition) is 2. The minimum Gasteiger partial charge on any atom is -0.506 e. The third-order valence-electron chi connectivity index (χ3n) is 3.11. The molecule has 1 aliphatic heterocycles. The normalized spacial score (nSPS) is 15.8. The molecule has 2 heterocycles. The van der Waals surface area contributed by atoms with Crippen molar-refractivity contribution in [2.45, 2.75) is 6.92 Å². The number of phenolic OH excluding ortho intramolecular Hbond substituents is 1. The minimum atomic E-state index is -4.24. The average Bonchev–Trinajstić information content (AvgIpc) is 3.01. The maximum Gasteiger partial charge on any atom is 0.326 e. The number of phenols is 1. The third kappa shape index (κ3) is 2.91. The maximum absolute atomic E-state index is 14.6. The van der Waals surface area contributed by atoms with Gasteiger partial charge in [0.2, 0.25) is 0 Å². The lowest BCUT2D eigenvalue weighted by molar-refractivity contribution is -0.117. The van der Waals surface area contributed by atoms with Gasteiger partial charge < -0.3 is 5.11 Å². The highest BCUT2D eigenvalue weighted by Crippen LogP contribution is 2.34. The lowest BCUT2D eigenvalue weighted by Gasteiger charge is -2.17. The number of hydrogen-bond acceptors (Lipinski definition) is 6. The van der Waals surface area contributed by atoms with Gasteiger partial charge in [0.05, 0.1) is 10.6 Å². The van der Waals surface area contributed by atoms with Crippen molar-refractivity contribution in [2.75, 3.05) is 10.8 Å². The first kappa shape index (κ1) is 16.2. The molecule has 2 aromatic rings. The first-order valence-electron chi connectivity index (χ1n) is 6.57. The molecule has 1 saturated heterocycles. The molecule has 0 aliphatic carbocycles. The van der Waals surface area contributed by atoms with Crippen molar-refractivity contribution in [1.82, 2.24) is 9.71 Å². The number of carbonyl (C=O) groups is 1. The summed E-state index contributed by atoms with van der Waals surface area (Å²) in [5, 5.41) is 12.3. The van der Waals surface area contributed by atoms with Gasteiger partial charge in [-0.2, -0.15) is 8.42 Å². The van der Waals surface area contributed by atoms with E-state index in [1.54, 1.807) is 17.0 Å². The molecule has 2 N–H and O–H groups in total. The highest BCUT2D eigenvalue weighted by molar-refractivity contribution is 7.92. The summed E-state index contributed by atoms with van der Waals surface area (Å²) in [4.78, 5) is 15.4. The Balaban J connectivity index is 2.06. The van der Waals surface area contributed by atoms with E-state index in [2.05, 4.69) is 16.8 Å². The molecule has 10 heteroatoms. The summed E-state index contributed by atoms with van der Waals surface area (Å²) in [5.41, 5.74) is -0.283. The van der Waals surface area contributed by atoms with E-state index in [-0.39, 0.29) is 5.56 Å². The molecule has 1 amide bonds. The van der Waals surface area contributed by atoms with Crippen molar-refractivity contribution in [3.63, 3.8) is 0 Å². The first-order valence-corrected chi connectivity index (χ1v) is 8.89. The molecule has 3 rings (SSSR count). The molecule has 7 nitrogen and oxygen atoms in total. The van der Waals surface area contributed by atoms with Crippen LogP contribution in [0.5, 0.6) is 5.75 Å². The fraction of sp³-hybridized carbons (Fsp3) is 0.143. The van der Waals surface area contributed by atoms with Gasteiger partial charge in [-0.25, -0.2) is 18.4 Å². The Morgan fingerprint density at radius 1 is 1.42 bits per heavy atom. The molecule has 0 atom stereocenters. The molecule has 0 saturated carbocycles. The number of halogens is 1. The van der Waals surface area contributed by atoms with Gasteiger partial charge in [-0.3, -0.25) is 4.79 Å². The Labute approximate surface area is 140 Å². The first-order chi connectivity index (χ1) is 11.3. The predicted molar refractivity (Wildman–Crippen MR) is 85.3 cm³/mol. The Hall–Kier alpha value is -2.64. The monoisotopic (exact) mass is 367 g/mol. The molecule has 1 aromatic carbocycles. The van der Waals surface area contributed by atoms with Crippen LogP contribution in [-0.4, -0.2) is 31.0 Å². The standard InChI is InChI=1S/C14H10FN3O4S2/c1-8-16-10(7-23-8)4-2-9-3-5-11(19)14(13(9)15)18-6-12(20)17-24(18,21)22/h3,5,7,19H,6H2,1H3,(H,17,20). The number of rotatable bonds is 1. The number of benzene rings is 1. The van der Waals surface area contributed by atoms with Crippen molar-refractivity contribution >= 4 is 33.1 Å². The molecule has 0 unspecified atom stereocenters. The largest absolute Gasteiger partial charge is 0.506 e. The highest BCUT2D eigenvalue weighted by Gasteiger charge is 2.37. The van der Waals surface area contributed by atoms with Crippen molar-refractivity contribution in [1.29, 1.82) is 0 Å². The van der Waals surface area contributed by atoms with Crippen LogP contribution in [0.15, 0.2) is 17.5 Å². The molecule has 0 radical (unpaired) electrons. The van der Waals surface area contributed by atoms with Gasteiger partial charge in [-0.15, -0.1) is 11.3 Å². The zero-order valence-electron chi connectivity index (χ0n) is 12.2. The van der Waals surface area contributed by atoms with E-state index in [0.29, 0.717) is 10.00 Å². The number of aromatic nitrogens is 1. The van der Waals surface area contributed by atoms with Crippen molar-refractivity contribution in [2.24, 2.45) is 0 Å². The number of thiazole rings is 1. The molecular weight excluding hydrogens is 357 g/mol. The van der Waals surface area contributed by atoms with E-state index in [0.717, 1.165) is 11.1 Å². The topological polar surface area (TPSA) is 99.6 Å². The third-order valence-corrected chi connectivity index (χ3v) is 5.26. The molecule has 0 spiro atoms. The van der Waals surface area contributed by atoms with Crippen LogP contribution in [-0.2, 0) is 15.0 Å². The van der Waals surface area contributed by atoms with Crippen LogP contribution >= 0.6 is 11.3 Å². The zero-order valence-corrected chi connectivity index (χ0v) is 13.8. The SMILES string of the molecule is Cc1nc(C#Cc2ccc(O)c(N3CC(=O)NS3(=O)=O)c2F)cs1. The van der Waals surface area contributed by atoms with E-state index in [1.807, 2.05) is 0 Å². The Morgan fingerprint density at radius 2 is 2.17 bits per heavy atom. The molecule has 124 valence electrons. The molecule has 1 fully saturated rings. The summed E-state index contributed by atoms with van der Waals surface area (Å²) < 4.78 is 40.5. The summed E-state index contributed by atoms with van der Waals surface area (Å²) in [7, 11) is -4.24. The van der Waals surface area contributed by atoms with E-state index in [4.69, 9.17) is 0 Å². The van der Waals surface area contributed by atoms with Gasteiger partial charge in [-0.05, 0) is 25.0 Å². The van der Waals surface area contributed by atoms with Crippen molar-refractivity contribution in [3.8, 4) is 17.6 Å². The van der Waals surface area contributed by atoms with Gasteiger partial charge >= 0.3 is 10.2 Å². The fourth-order valence-corrected chi connectivity index (χ4v) is 3.79. The summed E-state index contributed by atoms with van der Waals surface area (Å²) in [6, 6.07) is 2.34. The van der Waals surface area contributed by atoms with E-state index in [9.17, 15) is 22.7 Å². The average molecular weight is 367 g/mol. The van der Waals surface area contributed by atoms with Crippen LogP contribution in [0.3, 0.4) is 0 Å². The number of amides is 1. The highest BCUT2D eigenvalue weighted by atomic mass is 32.2. The Morgan fingerprint density at radius 3 is 2.75 bits per heavy atom. The van der Waals surface area contributed by atoms with Gasteiger partial charge in [0.15, 0.2) is 5.82 Å². The molecule has 1 aliphatic rings. The van der Waals surface area contributed by atoms with Crippen LogP contribution in [0.1, 0.15) is 16.3 Å².